The van der Waals surface area contributed by atoms with E-state index in [1.807, 2.05) is 182 Å². The van der Waals surface area contributed by atoms with E-state index in [1.54, 1.807) is 0 Å². The van der Waals surface area contributed by atoms with Gasteiger partial charge < -0.3 is 24.8 Å². The Morgan fingerprint density at radius 2 is 0.660 bits per heavy atom. The molecule has 0 aromatic heterocycles. The second-order valence-corrected chi connectivity index (χ2v) is 12.1. The van der Waals surface area contributed by atoms with Gasteiger partial charge in [0.2, 0.25) is 0 Å². The van der Waals surface area contributed by atoms with Crippen molar-refractivity contribution in [2.24, 2.45) is 0 Å². The van der Waals surface area contributed by atoms with Gasteiger partial charge in [0.25, 0.3) is 0 Å². The summed E-state index contributed by atoms with van der Waals surface area (Å²) in [6.45, 7) is -0.870. The fourth-order valence-corrected chi connectivity index (χ4v) is 6.51. The van der Waals surface area contributed by atoms with Gasteiger partial charge in [-0.3, -0.25) is 4.79 Å². The molecule has 0 bridgehead atoms. The Bertz CT molecular complexity index is 1710. The lowest BCUT2D eigenvalue weighted by Gasteiger charge is -2.37. The highest BCUT2D eigenvalue weighted by molar-refractivity contribution is 5.87. The highest BCUT2D eigenvalue weighted by atomic mass is 16.5. The number of ether oxygens (including phenoxy) is 2. The van der Waals surface area contributed by atoms with Crippen molar-refractivity contribution in [3.8, 4) is 0 Å². The molecule has 0 saturated heterocycles. The van der Waals surface area contributed by atoms with E-state index in [1.165, 1.54) is 0 Å². The number of hydrogen-bond acceptors (Lipinski definition) is 6. The quantitative estimate of drug-likeness (QED) is 0.106. The molecular weight excluding hydrogens is 624 g/mol. The van der Waals surface area contributed by atoms with E-state index in [2.05, 4.69) is 0 Å². The molecule has 0 radical (unpaired) electrons. The first-order chi connectivity index (χ1) is 24.5. The lowest BCUT2D eigenvalue weighted by atomic mass is 9.80. The van der Waals surface area contributed by atoms with Crippen molar-refractivity contribution in [2.45, 2.75) is 29.5 Å². The molecule has 1 unspecified atom stereocenters. The van der Waals surface area contributed by atoms with Crippen LogP contribution in [0.5, 0.6) is 0 Å². The maximum atomic E-state index is 13.5. The Morgan fingerprint density at radius 3 is 0.920 bits per heavy atom. The smallest absolute Gasteiger partial charge is 0.194 e. The topological polar surface area (TPSA) is 96.2 Å². The van der Waals surface area contributed by atoms with Gasteiger partial charge in [-0.05, 0) is 33.4 Å². The summed E-state index contributed by atoms with van der Waals surface area (Å²) in [7, 11) is 0. The summed E-state index contributed by atoms with van der Waals surface area (Å²) in [5.74, 6) is -0.978. The molecule has 6 nitrogen and oxygen atoms in total. The number of hydrogen-bond donors (Lipinski definition) is 3. The van der Waals surface area contributed by atoms with Crippen LogP contribution in [0.25, 0.3) is 0 Å². The van der Waals surface area contributed by atoms with Crippen molar-refractivity contribution in [1.29, 1.82) is 0 Å². The van der Waals surface area contributed by atoms with Gasteiger partial charge in [-0.25, -0.2) is 0 Å². The minimum atomic E-state index is -1.95. The van der Waals surface area contributed by atoms with Crippen LogP contribution < -0.4 is 0 Å². The van der Waals surface area contributed by atoms with E-state index in [9.17, 15) is 20.1 Å². The van der Waals surface area contributed by atoms with Crippen LogP contribution in [-0.4, -0.2) is 52.6 Å². The highest BCUT2D eigenvalue weighted by Gasteiger charge is 2.42. The molecular formula is C44H40O6. The van der Waals surface area contributed by atoms with Crippen LogP contribution >= 0.6 is 0 Å². The number of benzene rings is 6. The standard InChI is InChI=1S/C44H40O6/c45-39(31-49-43(33-19-7-1-8-20-33,34-21-9-2-10-22-34)35-23-11-3-12-24-35)41(47)42(48)40(46)32-50-44(36-25-13-4-14-26-36,37-27-15-5-16-28-37)38-29-17-6-18-30-38/h1-30,39-41,45-47H,31-32H2/t39-,40?,41-/m1/s1. The van der Waals surface area contributed by atoms with Crippen molar-refractivity contribution in [1.82, 2.24) is 0 Å². The van der Waals surface area contributed by atoms with Crippen LogP contribution in [0.3, 0.4) is 0 Å². The first-order valence-electron chi connectivity index (χ1n) is 16.7. The molecule has 0 saturated carbocycles. The molecule has 6 aromatic rings. The Kier molecular flexibility index (Phi) is 11.1. The van der Waals surface area contributed by atoms with Crippen molar-refractivity contribution < 1.29 is 29.6 Å². The largest absolute Gasteiger partial charge is 0.388 e. The molecule has 0 heterocycles. The van der Waals surface area contributed by atoms with Gasteiger partial charge >= 0.3 is 0 Å². The van der Waals surface area contributed by atoms with Crippen molar-refractivity contribution in [3.05, 3.63) is 215 Å². The second-order valence-electron chi connectivity index (χ2n) is 12.1. The minimum Gasteiger partial charge on any atom is -0.388 e. The number of rotatable bonds is 15. The second kappa shape index (κ2) is 16.0. The lowest BCUT2D eigenvalue weighted by molar-refractivity contribution is -0.151. The zero-order chi connectivity index (χ0) is 34.8. The molecule has 6 heteroatoms. The molecule has 0 amide bonds. The van der Waals surface area contributed by atoms with Gasteiger partial charge in [0.05, 0.1) is 13.2 Å². The summed E-state index contributed by atoms with van der Waals surface area (Å²) in [5.41, 5.74) is 2.45. The summed E-state index contributed by atoms with van der Waals surface area (Å²) in [6.07, 6.45) is -5.36. The average molecular weight is 665 g/mol. The number of aliphatic hydroxyl groups is 3. The average Bonchev–Trinajstić information content (AvgIpc) is 3.20. The van der Waals surface area contributed by atoms with E-state index >= 15 is 0 Å². The minimum absolute atomic E-state index is 0.416. The van der Waals surface area contributed by atoms with Crippen LogP contribution in [0.4, 0.5) is 0 Å². The molecule has 0 aliphatic carbocycles. The van der Waals surface area contributed by atoms with E-state index in [4.69, 9.17) is 9.47 Å². The number of ketones is 1. The predicted octanol–water partition coefficient (Wildman–Crippen LogP) is 6.66. The summed E-state index contributed by atoms with van der Waals surface area (Å²) in [6, 6.07) is 57.5. The van der Waals surface area contributed by atoms with E-state index in [0.29, 0.717) is 0 Å². The third-order valence-electron chi connectivity index (χ3n) is 8.99. The molecule has 3 atom stereocenters. The fraction of sp³-hybridized carbons (Fsp3) is 0.159. The van der Waals surface area contributed by atoms with E-state index < -0.39 is 48.5 Å². The summed E-state index contributed by atoms with van der Waals surface area (Å²) >= 11 is 0. The van der Waals surface area contributed by atoms with Crippen molar-refractivity contribution >= 4 is 5.78 Å². The van der Waals surface area contributed by atoms with Crippen molar-refractivity contribution in [2.75, 3.05) is 13.2 Å². The molecule has 252 valence electrons. The van der Waals surface area contributed by atoms with Crippen LogP contribution in [0.1, 0.15) is 33.4 Å². The molecule has 0 aliphatic heterocycles. The fourth-order valence-electron chi connectivity index (χ4n) is 6.51. The Morgan fingerprint density at radius 1 is 0.420 bits per heavy atom. The Hall–Kier alpha value is -5.21. The van der Waals surface area contributed by atoms with Gasteiger partial charge in [-0.15, -0.1) is 0 Å². The molecule has 6 rings (SSSR count). The highest BCUT2D eigenvalue weighted by Crippen LogP contribution is 2.42. The van der Waals surface area contributed by atoms with Gasteiger partial charge in [0.1, 0.15) is 29.5 Å². The zero-order valence-corrected chi connectivity index (χ0v) is 27.5. The van der Waals surface area contributed by atoms with Gasteiger partial charge in [0, 0.05) is 0 Å². The Labute approximate surface area is 292 Å². The van der Waals surface area contributed by atoms with Crippen LogP contribution in [0, 0.1) is 0 Å². The summed E-state index contributed by atoms with van der Waals surface area (Å²) < 4.78 is 13.2. The number of aliphatic hydroxyl groups excluding tert-OH is 3. The van der Waals surface area contributed by atoms with Crippen LogP contribution in [-0.2, 0) is 25.5 Å². The monoisotopic (exact) mass is 664 g/mol. The van der Waals surface area contributed by atoms with Crippen LogP contribution in [0.15, 0.2) is 182 Å². The molecule has 50 heavy (non-hydrogen) atoms. The summed E-state index contributed by atoms with van der Waals surface area (Å²) in [4.78, 5) is 13.5. The molecule has 3 N–H and O–H groups in total. The number of carbonyl (C=O) groups excluding carboxylic acids is 1. The third kappa shape index (κ3) is 7.07. The lowest BCUT2D eigenvalue weighted by Crippen LogP contribution is -2.47. The molecule has 6 aromatic carbocycles. The first kappa shape index (κ1) is 34.6. The van der Waals surface area contributed by atoms with E-state index in [-0.39, 0.29) is 0 Å². The first-order valence-corrected chi connectivity index (χ1v) is 16.7. The normalized spacial score (nSPS) is 13.7. The predicted molar refractivity (Wildman–Crippen MR) is 193 cm³/mol. The number of carbonyl (C=O) groups is 1. The van der Waals surface area contributed by atoms with Gasteiger partial charge in [0.15, 0.2) is 5.78 Å². The van der Waals surface area contributed by atoms with Gasteiger partial charge in [-0.2, -0.15) is 0 Å². The summed E-state index contributed by atoms with van der Waals surface area (Å²) in [5, 5.41) is 33.6. The maximum absolute atomic E-state index is 13.5. The molecule has 0 aliphatic rings. The van der Waals surface area contributed by atoms with Crippen molar-refractivity contribution in [3.63, 3.8) is 0 Å². The SMILES string of the molecule is O=C(C(O)COC(c1ccccc1)(c1ccccc1)c1ccccc1)[C@H](O)[C@H](O)COC(c1ccccc1)(c1ccccc1)c1ccccc1. The molecule has 0 fully saturated rings. The Balaban J connectivity index is 1.25. The third-order valence-corrected chi connectivity index (χ3v) is 8.99. The maximum Gasteiger partial charge on any atom is 0.194 e. The van der Waals surface area contributed by atoms with E-state index in [0.717, 1.165) is 33.4 Å². The van der Waals surface area contributed by atoms with Crippen LogP contribution in [0.2, 0.25) is 0 Å². The zero-order valence-electron chi connectivity index (χ0n) is 27.5. The van der Waals surface area contributed by atoms with Gasteiger partial charge in [-0.1, -0.05) is 182 Å². The number of Topliss-reactive ketones (excluding diaryl/α,β-unsaturated/α-hetero) is 1. The molecule has 0 spiro atoms.